The van der Waals surface area contributed by atoms with Crippen molar-refractivity contribution in [3.05, 3.63) is 0 Å². The Bertz CT molecular complexity index is 148. The monoisotopic (exact) mass is 184 g/mol. The van der Waals surface area contributed by atoms with Crippen LogP contribution in [0.25, 0.3) is 0 Å². The average Bonchev–Trinajstić information content (AvgIpc) is 2.04. The summed E-state index contributed by atoms with van der Waals surface area (Å²) in [7, 11) is 0. The van der Waals surface area contributed by atoms with E-state index in [0.29, 0.717) is 12.8 Å². The quantitative estimate of drug-likeness (QED) is 0.591. The van der Waals surface area contributed by atoms with Gasteiger partial charge < -0.3 is 9.59 Å². The molecule has 68 valence electrons. The zero-order valence-electron chi connectivity index (χ0n) is 8.22. The van der Waals surface area contributed by atoms with E-state index in [1.54, 1.807) is 0 Å². The molecular weight excluding hydrogens is 167 g/mol. The van der Waals surface area contributed by atoms with Crippen molar-refractivity contribution in [3.8, 4) is 0 Å². The summed E-state index contributed by atoms with van der Waals surface area (Å²) in [5.74, 6) is 1.86. The Morgan fingerprint density at radius 1 is 1.00 bits per heavy atom. The van der Waals surface area contributed by atoms with Crippen LogP contribution in [0.3, 0.4) is 0 Å². The Labute approximate surface area is 78.7 Å². The van der Waals surface area contributed by atoms with E-state index < -0.39 is 14.1 Å². The van der Waals surface area contributed by atoms with E-state index in [4.69, 9.17) is 0 Å². The summed E-state index contributed by atoms with van der Waals surface area (Å²) in [6.45, 7) is 3.95. The SMILES string of the molecule is CCC[C](=O)[Al]([CH3])[C](=O)CCC. The second-order valence-corrected chi connectivity index (χ2v) is 5.89. The third kappa shape index (κ3) is 4.04. The summed E-state index contributed by atoms with van der Waals surface area (Å²) in [5, 5.41) is 0. The average molecular weight is 184 g/mol. The van der Waals surface area contributed by atoms with E-state index in [1.807, 2.05) is 19.6 Å². The topological polar surface area (TPSA) is 34.1 Å². The fraction of sp³-hybridized carbons (Fsp3) is 0.778. The molecule has 0 rings (SSSR count). The molecule has 0 saturated carbocycles. The molecule has 0 saturated heterocycles. The summed E-state index contributed by atoms with van der Waals surface area (Å²) >= 11 is -1.70. The van der Waals surface area contributed by atoms with Gasteiger partial charge in [0.2, 0.25) is 0 Å². The first kappa shape index (κ1) is 11.9. The summed E-state index contributed by atoms with van der Waals surface area (Å²) in [6, 6.07) is 0. The van der Waals surface area contributed by atoms with Crippen LogP contribution in [-0.4, -0.2) is 23.4 Å². The number of carbonyl (C=O) groups is 2. The van der Waals surface area contributed by atoms with Gasteiger partial charge >= 0.3 is 14.1 Å². The molecule has 3 heteroatoms. The third-order valence-electron chi connectivity index (χ3n) is 1.96. The van der Waals surface area contributed by atoms with Crippen molar-refractivity contribution in [2.45, 2.75) is 45.3 Å². The molecule has 0 heterocycles. The second kappa shape index (κ2) is 6.40. The minimum atomic E-state index is -1.70. The van der Waals surface area contributed by atoms with Crippen LogP contribution in [0.2, 0.25) is 5.79 Å². The van der Waals surface area contributed by atoms with Crippen molar-refractivity contribution in [3.63, 3.8) is 0 Å². The first-order valence-electron chi connectivity index (χ1n) is 4.68. The lowest BCUT2D eigenvalue weighted by Gasteiger charge is -2.01. The minimum absolute atomic E-state index is 0.232. The Kier molecular flexibility index (Phi) is 6.33. The molecular formula is C9H17AlO2. The molecule has 0 aromatic carbocycles. The van der Waals surface area contributed by atoms with Crippen LogP contribution in [0.5, 0.6) is 0 Å². The zero-order chi connectivity index (χ0) is 9.56. The van der Waals surface area contributed by atoms with Crippen molar-refractivity contribution in [2.75, 3.05) is 0 Å². The van der Waals surface area contributed by atoms with Gasteiger partial charge in [-0.15, -0.1) is 0 Å². The molecule has 2 nitrogen and oxygen atoms in total. The molecule has 0 unspecified atom stereocenters. The van der Waals surface area contributed by atoms with Crippen molar-refractivity contribution in [1.29, 1.82) is 0 Å². The highest BCUT2D eigenvalue weighted by Gasteiger charge is 2.27. The number of rotatable bonds is 6. The molecule has 0 aromatic heterocycles. The normalized spacial score (nSPS) is 9.58. The van der Waals surface area contributed by atoms with Gasteiger partial charge in [0, 0.05) is 0 Å². The van der Waals surface area contributed by atoms with Gasteiger partial charge in [0.25, 0.3) is 0 Å². The van der Waals surface area contributed by atoms with Crippen molar-refractivity contribution < 1.29 is 9.59 Å². The Morgan fingerprint density at radius 3 is 1.58 bits per heavy atom. The molecule has 0 spiro atoms. The maximum atomic E-state index is 11.3. The lowest BCUT2D eigenvalue weighted by Crippen LogP contribution is -2.31. The van der Waals surface area contributed by atoms with Crippen molar-refractivity contribution in [2.24, 2.45) is 0 Å². The van der Waals surface area contributed by atoms with Crippen LogP contribution in [0.4, 0.5) is 0 Å². The molecule has 0 atom stereocenters. The van der Waals surface area contributed by atoms with E-state index in [1.165, 1.54) is 0 Å². The van der Waals surface area contributed by atoms with Gasteiger partial charge in [-0.2, -0.15) is 0 Å². The smallest absolute Gasteiger partial charge is 0.320 e. The summed E-state index contributed by atoms with van der Waals surface area (Å²) in [6.07, 6.45) is 2.94. The van der Waals surface area contributed by atoms with Crippen LogP contribution in [0.15, 0.2) is 0 Å². The largest absolute Gasteiger partial charge is 0.458 e. The fourth-order valence-electron chi connectivity index (χ4n) is 1.11. The Morgan fingerprint density at radius 2 is 1.33 bits per heavy atom. The highest BCUT2D eigenvalue weighted by molar-refractivity contribution is 7.10. The summed E-state index contributed by atoms with van der Waals surface area (Å²) in [4.78, 5) is 22.6. The van der Waals surface area contributed by atoms with E-state index in [2.05, 4.69) is 0 Å². The van der Waals surface area contributed by atoms with Gasteiger partial charge in [0.1, 0.15) is 0 Å². The predicted octanol–water partition coefficient (Wildman–Crippen LogP) is 1.93. The lowest BCUT2D eigenvalue weighted by molar-refractivity contribution is -0.115. The van der Waals surface area contributed by atoms with Crippen LogP contribution in [-0.2, 0) is 9.59 Å². The van der Waals surface area contributed by atoms with Crippen LogP contribution >= 0.6 is 0 Å². The Hall–Kier alpha value is -0.128. The van der Waals surface area contributed by atoms with Gasteiger partial charge in [-0.25, -0.2) is 0 Å². The molecule has 0 bridgehead atoms. The van der Waals surface area contributed by atoms with Gasteiger partial charge in [0.15, 0.2) is 0 Å². The van der Waals surface area contributed by atoms with Crippen molar-refractivity contribution in [1.82, 2.24) is 0 Å². The molecule has 0 N–H and O–H groups in total. The van der Waals surface area contributed by atoms with E-state index in [9.17, 15) is 9.59 Å². The third-order valence-corrected chi connectivity index (χ3v) is 4.47. The van der Waals surface area contributed by atoms with Crippen molar-refractivity contribution >= 4 is 23.4 Å². The number of carbonyl (C=O) groups excluding carboxylic acids is 2. The second-order valence-electron chi connectivity index (χ2n) is 3.15. The number of hydrogen-bond donors (Lipinski definition) is 0. The van der Waals surface area contributed by atoms with E-state index >= 15 is 0 Å². The Balaban J connectivity index is 3.91. The highest BCUT2D eigenvalue weighted by atomic mass is 27.2. The fourth-order valence-corrected chi connectivity index (χ4v) is 2.91. The maximum absolute atomic E-state index is 11.3. The first-order chi connectivity index (χ1) is 5.63. The highest BCUT2D eigenvalue weighted by Crippen LogP contribution is 2.00. The van der Waals surface area contributed by atoms with Gasteiger partial charge in [-0.05, 0) is 12.8 Å². The minimum Gasteiger partial charge on any atom is -0.320 e. The zero-order valence-corrected chi connectivity index (χ0v) is 9.38. The summed E-state index contributed by atoms with van der Waals surface area (Å²) in [5.41, 5.74) is 0. The van der Waals surface area contributed by atoms with Crippen LogP contribution in [0.1, 0.15) is 39.5 Å². The molecule has 0 aliphatic rings. The molecule has 0 fully saturated rings. The van der Waals surface area contributed by atoms with Gasteiger partial charge in [-0.1, -0.05) is 32.5 Å². The standard InChI is InChI=1S/2C4H7O.CH3.Al/c2*1-2-3-4-5;;/h2*2-3H2,1H3;1H3;. The molecule has 0 aliphatic carbocycles. The number of hydrogen-bond acceptors (Lipinski definition) is 2. The predicted molar refractivity (Wildman–Crippen MR) is 51.4 cm³/mol. The molecule has 0 amide bonds. The molecule has 0 aliphatic heterocycles. The van der Waals surface area contributed by atoms with Crippen LogP contribution in [0, 0.1) is 0 Å². The first-order valence-corrected chi connectivity index (χ1v) is 6.99. The lowest BCUT2D eigenvalue weighted by atomic mass is 10.4. The maximum Gasteiger partial charge on any atom is 0.458 e. The summed E-state index contributed by atoms with van der Waals surface area (Å²) < 4.78 is 0.465. The molecule has 0 radical (unpaired) electrons. The molecule has 12 heavy (non-hydrogen) atoms. The van der Waals surface area contributed by atoms with E-state index in [-0.39, 0.29) is 9.29 Å². The molecule has 0 aromatic rings. The van der Waals surface area contributed by atoms with Crippen LogP contribution < -0.4 is 0 Å². The van der Waals surface area contributed by atoms with Gasteiger partial charge in [0.05, 0.1) is 9.29 Å². The van der Waals surface area contributed by atoms with Gasteiger partial charge in [-0.3, -0.25) is 0 Å². The van der Waals surface area contributed by atoms with E-state index in [0.717, 1.165) is 12.8 Å².